The zero-order valence-electron chi connectivity index (χ0n) is 10.8. The average molecular weight is 293 g/mol. The van der Waals surface area contributed by atoms with Gasteiger partial charge in [0.05, 0.1) is 0 Å². The van der Waals surface area contributed by atoms with Crippen LogP contribution >= 0.6 is 11.9 Å². The highest BCUT2D eigenvalue weighted by atomic mass is 32.2. The van der Waals surface area contributed by atoms with Gasteiger partial charge in [0.1, 0.15) is 12.1 Å². The van der Waals surface area contributed by atoms with E-state index in [2.05, 4.69) is 5.32 Å². The van der Waals surface area contributed by atoms with Crippen molar-refractivity contribution in [3.05, 3.63) is 0 Å². The molecular weight excluding hydrogens is 274 g/mol. The SMILES string of the molecule is CN(C)SCC(NC(=O)CCC(N)C(=O)O)C(=O)O. The van der Waals surface area contributed by atoms with E-state index in [-0.39, 0.29) is 18.6 Å². The molecule has 0 aromatic rings. The van der Waals surface area contributed by atoms with Crippen LogP contribution in [0, 0.1) is 0 Å². The normalized spacial score (nSPS) is 13.9. The maximum atomic E-state index is 11.5. The highest BCUT2D eigenvalue weighted by Crippen LogP contribution is 2.06. The molecule has 110 valence electrons. The summed E-state index contributed by atoms with van der Waals surface area (Å²) in [5, 5.41) is 19.8. The molecule has 9 heteroatoms. The maximum absolute atomic E-state index is 11.5. The second-order valence-electron chi connectivity index (χ2n) is 4.05. The van der Waals surface area contributed by atoms with E-state index < -0.39 is 29.9 Å². The predicted octanol–water partition coefficient (Wildman–Crippen LogP) is -1.04. The first-order chi connectivity index (χ1) is 8.73. The quantitative estimate of drug-likeness (QED) is 0.396. The molecule has 0 spiro atoms. The predicted molar refractivity (Wildman–Crippen MR) is 70.6 cm³/mol. The Labute approximate surface area is 115 Å². The number of nitrogens with zero attached hydrogens (tertiary/aromatic N) is 1. The summed E-state index contributed by atoms with van der Waals surface area (Å²) in [6.07, 6.45) is -0.155. The van der Waals surface area contributed by atoms with Gasteiger partial charge < -0.3 is 21.3 Å². The molecule has 8 nitrogen and oxygen atoms in total. The Bertz CT molecular complexity index is 337. The van der Waals surface area contributed by atoms with Crippen LogP contribution in [0.5, 0.6) is 0 Å². The number of carbonyl (C=O) groups is 3. The van der Waals surface area contributed by atoms with Gasteiger partial charge in [-0.15, -0.1) is 0 Å². The summed E-state index contributed by atoms with van der Waals surface area (Å²) in [5.74, 6) is -2.65. The number of hydrogen-bond acceptors (Lipinski definition) is 6. The molecule has 0 aromatic heterocycles. The number of hydrogen-bond donors (Lipinski definition) is 4. The Balaban J connectivity index is 4.17. The minimum Gasteiger partial charge on any atom is -0.480 e. The van der Waals surface area contributed by atoms with Crippen LogP contribution in [0.25, 0.3) is 0 Å². The lowest BCUT2D eigenvalue weighted by atomic mass is 10.1. The van der Waals surface area contributed by atoms with Gasteiger partial charge in [0.2, 0.25) is 5.91 Å². The van der Waals surface area contributed by atoms with Gasteiger partial charge in [0, 0.05) is 12.2 Å². The molecule has 0 aliphatic heterocycles. The van der Waals surface area contributed by atoms with Crippen LogP contribution in [0.3, 0.4) is 0 Å². The Kier molecular flexibility index (Phi) is 8.12. The smallest absolute Gasteiger partial charge is 0.327 e. The van der Waals surface area contributed by atoms with Gasteiger partial charge in [0.25, 0.3) is 0 Å². The summed E-state index contributed by atoms with van der Waals surface area (Å²) in [6, 6.07) is -2.13. The van der Waals surface area contributed by atoms with Crippen molar-refractivity contribution < 1.29 is 24.6 Å². The molecule has 0 aromatic carbocycles. The van der Waals surface area contributed by atoms with E-state index in [9.17, 15) is 14.4 Å². The van der Waals surface area contributed by atoms with Gasteiger partial charge in [-0.3, -0.25) is 13.9 Å². The lowest BCUT2D eigenvalue weighted by Crippen LogP contribution is -2.43. The summed E-state index contributed by atoms with van der Waals surface area (Å²) >= 11 is 1.26. The second-order valence-corrected chi connectivity index (χ2v) is 5.37. The van der Waals surface area contributed by atoms with Crippen LogP contribution in [-0.4, -0.2) is 64.3 Å². The zero-order chi connectivity index (χ0) is 15.0. The highest BCUT2D eigenvalue weighted by Gasteiger charge is 2.21. The fourth-order valence-electron chi connectivity index (χ4n) is 1.07. The highest BCUT2D eigenvalue weighted by molar-refractivity contribution is 7.97. The lowest BCUT2D eigenvalue weighted by Gasteiger charge is -2.16. The number of carboxylic acids is 2. The fourth-order valence-corrected chi connectivity index (χ4v) is 1.75. The third-order valence-corrected chi connectivity index (χ3v) is 3.13. The van der Waals surface area contributed by atoms with Crippen LogP contribution in [0.4, 0.5) is 0 Å². The van der Waals surface area contributed by atoms with E-state index in [0.717, 1.165) is 0 Å². The number of carbonyl (C=O) groups excluding carboxylic acids is 1. The molecule has 0 fully saturated rings. The van der Waals surface area contributed by atoms with Crippen molar-refractivity contribution in [2.24, 2.45) is 5.73 Å². The van der Waals surface area contributed by atoms with Crippen LogP contribution in [0.2, 0.25) is 0 Å². The van der Waals surface area contributed by atoms with Crippen molar-refractivity contribution in [3.63, 3.8) is 0 Å². The molecule has 0 bridgehead atoms. The zero-order valence-corrected chi connectivity index (χ0v) is 11.6. The minimum absolute atomic E-state index is 0.0334. The van der Waals surface area contributed by atoms with Crippen molar-refractivity contribution >= 4 is 29.8 Å². The van der Waals surface area contributed by atoms with Crippen molar-refractivity contribution in [2.75, 3.05) is 19.8 Å². The number of amides is 1. The van der Waals surface area contributed by atoms with Crippen LogP contribution in [0.15, 0.2) is 0 Å². The van der Waals surface area contributed by atoms with E-state index in [0.29, 0.717) is 0 Å². The molecule has 2 atom stereocenters. The summed E-state index contributed by atoms with van der Waals surface area (Å²) in [7, 11) is 3.52. The Morgan fingerprint density at radius 1 is 1.26 bits per heavy atom. The van der Waals surface area contributed by atoms with Crippen molar-refractivity contribution in [3.8, 4) is 0 Å². The van der Waals surface area contributed by atoms with Gasteiger partial charge in [0.15, 0.2) is 0 Å². The summed E-state index contributed by atoms with van der Waals surface area (Å²) in [5.41, 5.74) is 5.25. The first-order valence-electron chi connectivity index (χ1n) is 5.54. The summed E-state index contributed by atoms with van der Waals surface area (Å²) < 4.78 is 1.72. The Hall–Kier alpha value is -1.32. The van der Waals surface area contributed by atoms with E-state index in [4.69, 9.17) is 15.9 Å². The molecule has 0 heterocycles. The van der Waals surface area contributed by atoms with Gasteiger partial charge in [-0.05, 0) is 20.5 Å². The largest absolute Gasteiger partial charge is 0.480 e. The van der Waals surface area contributed by atoms with Crippen molar-refractivity contribution in [1.29, 1.82) is 0 Å². The van der Waals surface area contributed by atoms with E-state index >= 15 is 0 Å². The second kappa shape index (κ2) is 8.73. The maximum Gasteiger partial charge on any atom is 0.327 e. The number of rotatable bonds is 9. The standard InChI is InChI=1S/C10H19N3O5S/c1-13(2)19-5-7(10(17)18)12-8(14)4-3-6(11)9(15)16/h6-7H,3-5,11H2,1-2H3,(H,12,14)(H,15,16)(H,17,18). The van der Waals surface area contributed by atoms with Gasteiger partial charge in [-0.25, -0.2) is 4.79 Å². The first kappa shape index (κ1) is 17.7. The fraction of sp³-hybridized carbons (Fsp3) is 0.700. The molecule has 0 saturated heterocycles. The van der Waals surface area contributed by atoms with Gasteiger partial charge >= 0.3 is 11.9 Å². The summed E-state index contributed by atoms with van der Waals surface area (Å²) in [6.45, 7) is 0. The molecule has 19 heavy (non-hydrogen) atoms. The molecule has 0 radical (unpaired) electrons. The minimum atomic E-state index is -1.19. The molecule has 0 saturated carbocycles. The molecule has 2 unspecified atom stereocenters. The van der Waals surface area contributed by atoms with Crippen LogP contribution in [0.1, 0.15) is 12.8 Å². The summed E-state index contributed by atoms with van der Waals surface area (Å²) in [4.78, 5) is 32.9. The number of nitrogens with one attached hydrogen (secondary N) is 1. The van der Waals surface area contributed by atoms with Crippen LogP contribution < -0.4 is 11.1 Å². The van der Waals surface area contributed by atoms with E-state index in [1.165, 1.54) is 11.9 Å². The Morgan fingerprint density at radius 2 is 1.84 bits per heavy atom. The van der Waals surface area contributed by atoms with Gasteiger partial charge in [-0.2, -0.15) is 0 Å². The Morgan fingerprint density at radius 3 is 2.26 bits per heavy atom. The number of aliphatic carboxylic acids is 2. The third kappa shape index (κ3) is 8.41. The molecule has 1 amide bonds. The molecule has 0 aliphatic carbocycles. The average Bonchev–Trinajstić information content (AvgIpc) is 2.30. The van der Waals surface area contributed by atoms with E-state index in [1.54, 1.807) is 18.4 Å². The topological polar surface area (TPSA) is 133 Å². The molecule has 0 aliphatic rings. The third-order valence-electron chi connectivity index (χ3n) is 2.13. The van der Waals surface area contributed by atoms with E-state index in [1.807, 2.05) is 0 Å². The molecular formula is C10H19N3O5S. The molecule has 0 rings (SSSR count). The van der Waals surface area contributed by atoms with Crippen molar-refractivity contribution in [2.45, 2.75) is 24.9 Å². The molecule has 5 N–H and O–H groups in total. The van der Waals surface area contributed by atoms with Crippen LogP contribution in [-0.2, 0) is 14.4 Å². The lowest BCUT2D eigenvalue weighted by molar-refractivity contribution is -0.141. The number of nitrogens with two attached hydrogens (primary N) is 1. The van der Waals surface area contributed by atoms with Crippen molar-refractivity contribution in [1.82, 2.24) is 9.62 Å². The first-order valence-corrected chi connectivity index (χ1v) is 6.49. The monoisotopic (exact) mass is 293 g/mol. The number of carboxylic acid groups (broad SMARTS) is 2. The van der Waals surface area contributed by atoms with Gasteiger partial charge in [-0.1, -0.05) is 11.9 Å².